The van der Waals surface area contributed by atoms with Gasteiger partial charge in [-0.3, -0.25) is 0 Å². The van der Waals surface area contributed by atoms with Crippen LogP contribution in [-0.4, -0.2) is 34.3 Å². The van der Waals surface area contributed by atoms with Crippen LogP contribution in [-0.2, 0) is 16.1 Å². The Hall–Kier alpha value is -1.60. The Morgan fingerprint density at radius 2 is 1.87 bits per heavy atom. The fourth-order valence-corrected chi connectivity index (χ4v) is 1.99. The van der Waals surface area contributed by atoms with Gasteiger partial charge in [0.05, 0.1) is 12.2 Å². The number of hydrogen-bond acceptors (Lipinski definition) is 5. The number of aliphatic hydroxyl groups excluding tert-OH is 1. The van der Waals surface area contributed by atoms with Crippen molar-refractivity contribution in [3.05, 3.63) is 35.4 Å². The molecule has 0 aliphatic carbocycles. The number of halogens is 1. The molecule has 0 fully saturated rings. The third-order valence-corrected chi connectivity index (χ3v) is 3.29. The standard InChI is InChI=1S/C16H22BrNO5/c1-16(2,3)23-15(21)18-9-8-13(17)22-14(20)12-6-4-11(10-19)5-7-12/h4-7,13,19H,8-10H2,1-3H3,(H,18,21). The molecule has 128 valence electrons. The molecule has 1 aromatic carbocycles. The smallest absolute Gasteiger partial charge is 0.407 e. The van der Waals surface area contributed by atoms with Gasteiger partial charge in [0.1, 0.15) is 5.60 Å². The number of nitrogens with one attached hydrogen (secondary N) is 1. The van der Waals surface area contributed by atoms with Crippen molar-refractivity contribution in [1.29, 1.82) is 0 Å². The second kappa shape index (κ2) is 8.88. The summed E-state index contributed by atoms with van der Waals surface area (Å²) in [6.07, 6.45) is -0.109. The third-order valence-electron chi connectivity index (χ3n) is 2.65. The molecule has 1 atom stereocenters. The zero-order valence-electron chi connectivity index (χ0n) is 13.5. The largest absolute Gasteiger partial charge is 0.447 e. The lowest BCUT2D eigenvalue weighted by molar-refractivity contribution is 0.0447. The maximum Gasteiger partial charge on any atom is 0.407 e. The van der Waals surface area contributed by atoms with Gasteiger partial charge < -0.3 is 19.9 Å². The van der Waals surface area contributed by atoms with Crippen LogP contribution in [0.15, 0.2) is 24.3 Å². The van der Waals surface area contributed by atoms with Crippen molar-refractivity contribution in [3.8, 4) is 0 Å². The summed E-state index contributed by atoms with van der Waals surface area (Å²) in [6.45, 7) is 5.57. The molecular weight excluding hydrogens is 366 g/mol. The average Bonchev–Trinajstić information content (AvgIpc) is 2.45. The second-order valence-electron chi connectivity index (χ2n) is 5.89. The number of aliphatic hydroxyl groups is 1. The third kappa shape index (κ3) is 7.99. The Morgan fingerprint density at radius 3 is 2.39 bits per heavy atom. The second-order valence-corrected chi connectivity index (χ2v) is 6.91. The Balaban J connectivity index is 2.34. The molecule has 0 aromatic heterocycles. The number of esters is 1. The molecule has 0 aliphatic rings. The molecular formula is C16H22BrNO5. The number of carbonyl (C=O) groups excluding carboxylic acids is 2. The molecule has 0 spiro atoms. The minimum Gasteiger partial charge on any atom is -0.447 e. The average molecular weight is 388 g/mol. The van der Waals surface area contributed by atoms with Crippen LogP contribution in [0.5, 0.6) is 0 Å². The van der Waals surface area contributed by atoms with Gasteiger partial charge in [0.15, 0.2) is 5.01 Å². The minimum absolute atomic E-state index is 0.0767. The summed E-state index contributed by atoms with van der Waals surface area (Å²) in [4.78, 5) is 23.4. The maximum atomic E-state index is 11.9. The van der Waals surface area contributed by atoms with Crippen LogP contribution in [0.3, 0.4) is 0 Å². The van der Waals surface area contributed by atoms with Gasteiger partial charge in [-0.2, -0.15) is 0 Å². The molecule has 1 unspecified atom stereocenters. The molecule has 23 heavy (non-hydrogen) atoms. The van der Waals surface area contributed by atoms with E-state index in [0.717, 1.165) is 5.56 Å². The minimum atomic E-state index is -0.551. The lowest BCUT2D eigenvalue weighted by atomic mass is 10.1. The summed E-state index contributed by atoms with van der Waals surface area (Å²) in [7, 11) is 0. The van der Waals surface area contributed by atoms with Crippen molar-refractivity contribution < 1.29 is 24.2 Å². The predicted octanol–water partition coefficient (Wildman–Crippen LogP) is 2.97. The topological polar surface area (TPSA) is 84.9 Å². The molecule has 0 radical (unpaired) electrons. The number of benzene rings is 1. The van der Waals surface area contributed by atoms with Crippen LogP contribution in [0.4, 0.5) is 4.79 Å². The lowest BCUT2D eigenvalue weighted by Crippen LogP contribution is -2.34. The van der Waals surface area contributed by atoms with Crippen LogP contribution in [0.1, 0.15) is 43.1 Å². The van der Waals surface area contributed by atoms with Crippen LogP contribution < -0.4 is 5.32 Å². The molecule has 1 amide bonds. The molecule has 6 nitrogen and oxygen atoms in total. The van der Waals surface area contributed by atoms with E-state index in [-0.39, 0.29) is 6.61 Å². The molecule has 0 aliphatic heterocycles. The molecule has 2 N–H and O–H groups in total. The van der Waals surface area contributed by atoms with Crippen molar-refractivity contribution in [2.24, 2.45) is 0 Å². The van der Waals surface area contributed by atoms with E-state index in [9.17, 15) is 9.59 Å². The van der Waals surface area contributed by atoms with Gasteiger partial charge >= 0.3 is 12.1 Å². The van der Waals surface area contributed by atoms with E-state index in [4.69, 9.17) is 14.6 Å². The van der Waals surface area contributed by atoms with Gasteiger partial charge in [-0.1, -0.05) is 12.1 Å². The van der Waals surface area contributed by atoms with Crippen LogP contribution in [0.25, 0.3) is 0 Å². The number of carbonyl (C=O) groups is 2. The Kier molecular flexibility index (Phi) is 7.51. The van der Waals surface area contributed by atoms with E-state index in [1.54, 1.807) is 45.0 Å². The highest BCUT2D eigenvalue weighted by Gasteiger charge is 2.17. The van der Waals surface area contributed by atoms with Crippen LogP contribution in [0, 0.1) is 0 Å². The molecule has 1 rings (SSSR count). The summed E-state index contributed by atoms with van der Waals surface area (Å²) in [5, 5.41) is 11.0. The summed E-state index contributed by atoms with van der Waals surface area (Å²) >= 11 is 3.24. The summed E-state index contributed by atoms with van der Waals surface area (Å²) < 4.78 is 10.3. The number of amides is 1. The van der Waals surface area contributed by atoms with E-state index >= 15 is 0 Å². The van der Waals surface area contributed by atoms with Gasteiger partial charge in [-0.15, -0.1) is 0 Å². The van der Waals surface area contributed by atoms with E-state index in [2.05, 4.69) is 21.2 Å². The molecule has 1 aromatic rings. The van der Waals surface area contributed by atoms with Gasteiger partial charge in [-0.25, -0.2) is 9.59 Å². The monoisotopic (exact) mass is 387 g/mol. The highest BCUT2D eigenvalue weighted by molar-refractivity contribution is 9.09. The van der Waals surface area contributed by atoms with Crippen molar-refractivity contribution in [2.75, 3.05) is 6.54 Å². The zero-order valence-corrected chi connectivity index (χ0v) is 15.1. The normalized spacial score (nSPS) is 12.4. The summed E-state index contributed by atoms with van der Waals surface area (Å²) in [5.41, 5.74) is 0.565. The number of alkyl carbamates (subject to hydrolysis) is 1. The molecule has 0 heterocycles. The quantitative estimate of drug-likeness (QED) is 0.578. The Bertz CT molecular complexity index is 524. The van der Waals surface area contributed by atoms with Crippen LogP contribution >= 0.6 is 15.9 Å². The fraction of sp³-hybridized carbons (Fsp3) is 0.500. The van der Waals surface area contributed by atoms with E-state index < -0.39 is 22.7 Å². The SMILES string of the molecule is CC(C)(C)OC(=O)NCCC(Br)OC(=O)c1ccc(CO)cc1. The molecule has 0 saturated heterocycles. The first-order valence-electron chi connectivity index (χ1n) is 7.23. The lowest BCUT2D eigenvalue weighted by Gasteiger charge is -2.20. The van der Waals surface area contributed by atoms with E-state index in [0.29, 0.717) is 18.5 Å². The number of ether oxygens (including phenoxy) is 2. The van der Waals surface area contributed by atoms with Crippen molar-refractivity contribution in [3.63, 3.8) is 0 Å². The highest BCUT2D eigenvalue weighted by atomic mass is 79.9. The first-order chi connectivity index (χ1) is 10.7. The van der Waals surface area contributed by atoms with Crippen molar-refractivity contribution in [1.82, 2.24) is 5.32 Å². The summed E-state index contributed by atoms with van der Waals surface area (Å²) in [5.74, 6) is -0.478. The molecule has 0 bridgehead atoms. The fourth-order valence-electron chi connectivity index (χ4n) is 1.59. The summed E-state index contributed by atoms with van der Waals surface area (Å²) in [6, 6.07) is 6.49. The first kappa shape index (κ1) is 19.4. The zero-order chi connectivity index (χ0) is 17.5. The van der Waals surface area contributed by atoms with E-state index in [1.807, 2.05) is 0 Å². The van der Waals surface area contributed by atoms with Gasteiger partial charge in [0.25, 0.3) is 0 Å². The Morgan fingerprint density at radius 1 is 1.26 bits per heavy atom. The number of hydrogen-bond donors (Lipinski definition) is 2. The molecule has 0 saturated carbocycles. The highest BCUT2D eigenvalue weighted by Crippen LogP contribution is 2.12. The first-order valence-corrected chi connectivity index (χ1v) is 8.14. The molecule has 7 heteroatoms. The number of rotatable bonds is 6. The van der Waals surface area contributed by atoms with Crippen molar-refractivity contribution >= 4 is 28.0 Å². The van der Waals surface area contributed by atoms with Crippen LogP contribution in [0.2, 0.25) is 0 Å². The van der Waals surface area contributed by atoms with Gasteiger partial charge in [0.2, 0.25) is 0 Å². The predicted molar refractivity (Wildman–Crippen MR) is 89.3 cm³/mol. The maximum absolute atomic E-state index is 11.9. The van der Waals surface area contributed by atoms with Gasteiger partial charge in [0, 0.05) is 13.0 Å². The van der Waals surface area contributed by atoms with Gasteiger partial charge in [-0.05, 0) is 54.4 Å². The van der Waals surface area contributed by atoms with Crippen molar-refractivity contribution in [2.45, 2.75) is 44.4 Å². The van der Waals surface area contributed by atoms with E-state index in [1.165, 1.54) is 0 Å². The Labute approximate surface area is 144 Å². The number of alkyl halides is 1.